The lowest BCUT2D eigenvalue weighted by atomic mass is 9.79. The van der Waals surface area contributed by atoms with E-state index in [9.17, 15) is 9.90 Å². The molecule has 1 saturated heterocycles. The quantitative estimate of drug-likeness (QED) is 0.705. The zero-order valence-corrected chi connectivity index (χ0v) is 11.5. The summed E-state index contributed by atoms with van der Waals surface area (Å²) in [5, 5.41) is 16.6. The molecule has 1 aliphatic carbocycles. The molecule has 0 aromatic rings. The second-order valence-electron chi connectivity index (χ2n) is 6.32. The van der Waals surface area contributed by atoms with E-state index < -0.39 is 5.60 Å². The van der Waals surface area contributed by atoms with Gasteiger partial charge in [0.2, 0.25) is 5.91 Å². The van der Waals surface area contributed by atoms with Crippen LogP contribution < -0.4 is 10.6 Å². The smallest absolute Gasteiger partial charge is 0.237 e. The maximum atomic E-state index is 12.0. The molecule has 0 aromatic heterocycles. The highest BCUT2D eigenvalue weighted by Gasteiger charge is 2.34. The first-order chi connectivity index (χ1) is 8.50. The van der Waals surface area contributed by atoms with E-state index in [0.29, 0.717) is 18.4 Å². The Labute approximate surface area is 110 Å². The van der Waals surface area contributed by atoms with Crippen molar-refractivity contribution in [2.75, 3.05) is 13.1 Å². The molecule has 2 fully saturated rings. The lowest BCUT2D eigenvalue weighted by Gasteiger charge is -2.35. The molecule has 1 amide bonds. The van der Waals surface area contributed by atoms with Crippen molar-refractivity contribution in [1.29, 1.82) is 0 Å². The Balaban J connectivity index is 1.78. The number of hydrogen-bond acceptors (Lipinski definition) is 3. The van der Waals surface area contributed by atoms with Crippen molar-refractivity contribution in [2.24, 2.45) is 11.8 Å². The SMILES string of the molecule is CC1CCC(O)(CNC(=O)C2NCCC2C)CC1. The van der Waals surface area contributed by atoms with Crippen LogP contribution in [0, 0.1) is 11.8 Å². The number of rotatable bonds is 3. The monoisotopic (exact) mass is 254 g/mol. The molecule has 2 rings (SSSR count). The first kappa shape index (κ1) is 13.8. The molecule has 2 atom stereocenters. The molecule has 0 spiro atoms. The fraction of sp³-hybridized carbons (Fsp3) is 0.929. The van der Waals surface area contributed by atoms with Gasteiger partial charge in [-0.15, -0.1) is 0 Å². The van der Waals surface area contributed by atoms with Crippen LogP contribution in [0.15, 0.2) is 0 Å². The van der Waals surface area contributed by atoms with Crippen LogP contribution in [-0.4, -0.2) is 35.7 Å². The topological polar surface area (TPSA) is 61.4 Å². The first-order valence-corrected chi connectivity index (χ1v) is 7.24. The van der Waals surface area contributed by atoms with E-state index in [1.165, 1.54) is 0 Å². The molecule has 18 heavy (non-hydrogen) atoms. The third-order valence-corrected chi connectivity index (χ3v) is 4.61. The van der Waals surface area contributed by atoms with Crippen LogP contribution in [0.1, 0.15) is 46.0 Å². The summed E-state index contributed by atoms with van der Waals surface area (Å²) >= 11 is 0. The summed E-state index contributed by atoms with van der Waals surface area (Å²) in [6.45, 7) is 5.65. The zero-order chi connectivity index (χ0) is 13.2. The molecule has 0 aromatic carbocycles. The second-order valence-corrected chi connectivity index (χ2v) is 6.32. The Hall–Kier alpha value is -0.610. The van der Waals surface area contributed by atoms with E-state index in [4.69, 9.17) is 0 Å². The van der Waals surface area contributed by atoms with Crippen molar-refractivity contribution in [2.45, 2.75) is 57.6 Å². The second kappa shape index (κ2) is 5.57. The highest BCUT2D eigenvalue weighted by molar-refractivity contribution is 5.82. The molecule has 2 unspecified atom stereocenters. The van der Waals surface area contributed by atoms with Gasteiger partial charge in [-0.05, 0) is 50.5 Å². The van der Waals surface area contributed by atoms with Gasteiger partial charge in [-0.2, -0.15) is 0 Å². The maximum Gasteiger partial charge on any atom is 0.237 e. The molecule has 1 saturated carbocycles. The van der Waals surface area contributed by atoms with E-state index >= 15 is 0 Å². The Morgan fingerprint density at radius 1 is 1.33 bits per heavy atom. The molecule has 0 bridgehead atoms. The molecular formula is C14H26N2O2. The van der Waals surface area contributed by atoms with Gasteiger partial charge in [0.1, 0.15) is 0 Å². The predicted octanol–water partition coefficient (Wildman–Crippen LogP) is 1.04. The Morgan fingerprint density at radius 2 is 2.00 bits per heavy atom. The van der Waals surface area contributed by atoms with Crippen LogP contribution >= 0.6 is 0 Å². The summed E-state index contributed by atoms with van der Waals surface area (Å²) in [7, 11) is 0. The third-order valence-electron chi connectivity index (χ3n) is 4.61. The summed E-state index contributed by atoms with van der Waals surface area (Å²) < 4.78 is 0. The van der Waals surface area contributed by atoms with Gasteiger partial charge < -0.3 is 15.7 Å². The van der Waals surface area contributed by atoms with Gasteiger partial charge in [0, 0.05) is 6.54 Å². The average Bonchev–Trinajstić information content (AvgIpc) is 2.77. The van der Waals surface area contributed by atoms with Crippen LogP contribution in [-0.2, 0) is 4.79 Å². The standard InChI is InChI=1S/C14H26N2O2/c1-10-3-6-14(18,7-4-10)9-16-13(17)12-11(2)5-8-15-12/h10-12,15,18H,3-9H2,1-2H3,(H,16,17). The molecule has 2 aliphatic rings. The van der Waals surface area contributed by atoms with Crippen molar-refractivity contribution < 1.29 is 9.90 Å². The molecule has 1 heterocycles. The van der Waals surface area contributed by atoms with E-state index in [1.54, 1.807) is 0 Å². The largest absolute Gasteiger partial charge is 0.388 e. The van der Waals surface area contributed by atoms with Crippen molar-refractivity contribution in [3.8, 4) is 0 Å². The third kappa shape index (κ3) is 3.23. The minimum Gasteiger partial charge on any atom is -0.388 e. The van der Waals surface area contributed by atoms with E-state index in [-0.39, 0.29) is 11.9 Å². The number of hydrogen-bond donors (Lipinski definition) is 3. The molecule has 4 nitrogen and oxygen atoms in total. The Bertz CT molecular complexity index is 298. The van der Waals surface area contributed by atoms with E-state index in [2.05, 4.69) is 24.5 Å². The normalized spacial score (nSPS) is 40.7. The number of nitrogens with one attached hydrogen (secondary N) is 2. The molecule has 104 valence electrons. The zero-order valence-electron chi connectivity index (χ0n) is 11.5. The maximum absolute atomic E-state index is 12.0. The van der Waals surface area contributed by atoms with Crippen molar-refractivity contribution in [1.82, 2.24) is 10.6 Å². The van der Waals surface area contributed by atoms with Gasteiger partial charge in [-0.25, -0.2) is 0 Å². The number of carbonyl (C=O) groups is 1. The van der Waals surface area contributed by atoms with Gasteiger partial charge in [0.05, 0.1) is 11.6 Å². The van der Waals surface area contributed by atoms with E-state index in [1.807, 2.05) is 0 Å². The van der Waals surface area contributed by atoms with Gasteiger partial charge in [0.25, 0.3) is 0 Å². The lowest BCUT2D eigenvalue weighted by Crippen LogP contribution is -2.50. The molecule has 0 radical (unpaired) electrons. The van der Waals surface area contributed by atoms with Crippen molar-refractivity contribution in [3.63, 3.8) is 0 Å². The fourth-order valence-corrected chi connectivity index (χ4v) is 3.02. The highest BCUT2D eigenvalue weighted by Crippen LogP contribution is 2.31. The summed E-state index contributed by atoms with van der Waals surface area (Å²) in [6, 6.07) is -0.0730. The average molecular weight is 254 g/mol. The van der Waals surface area contributed by atoms with Crippen molar-refractivity contribution >= 4 is 5.91 Å². The van der Waals surface area contributed by atoms with Crippen LogP contribution in [0.2, 0.25) is 0 Å². The first-order valence-electron chi connectivity index (χ1n) is 7.24. The van der Waals surface area contributed by atoms with Gasteiger partial charge in [-0.3, -0.25) is 4.79 Å². The number of amides is 1. The number of carbonyl (C=O) groups excluding carboxylic acids is 1. The van der Waals surface area contributed by atoms with E-state index in [0.717, 1.165) is 38.6 Å². The molecular weight excluding hydrogens is 228 g/mol. The minimum atomic E-state index is -0.677. The fourth-order valence-electron chi connectivity index (χ4n) is 3.02. The predicted molar refractivity (Wildman–Crippen MR) is 71.2 cm³/mol. The summed E-state index contributed by atoms with van der Waals surface area (Å²) in [6.07, 6.45) is 4.79. The molecule has 3 N–H and O–H groups in total. The van der Waals surface area contributed by atoms with Crippen LogP contribution in [0.25, 0.3) is 0 Å². The Morgan fingerprint density at radius 3 is 2.56 bits per heavy atom. The van der Waals surface area contributed by atoms with Crippen molar-refractivity contribution in [3.05, 3.63) is 0 Å². The summed E-state index contributed by atoms with van der Waals surface area (Å²) in [4.78, 5) is 12.0. The van der Waals surface area contributed by atoms with Gasteiger partial charge in [-0.1, -0.05) is 13.8 Å². The lowest BCUT2D eigenvalue weighted by molar-refractivity contribution is -0.125. The van der Waals surface area contributed by atoms with Crippen LogP contribution in [0.3, 0.4) is 0 Å². The van der Waals surface area contributed by atoms with Crippen LogP contribution in [0.4, 0.5) is 0 Å². The van der Waals surface area contributed by atoms with Gasteiger partial charge in [0.15, 0.2) is 0 Å². The highest BCUT2D eigenvalue weighted by atomic mass is 16.3. The van der Waals surface area contributed by atoms with Gasteiger partial charge >= 0.3 is 0 Å². The molecule has 4 heteroatoms. The molecule has 1 aliphatic heterocycles. The summed E-state index contributed by atoms with van der Waals surface area (Å²) in [5.41, 5.74) is -0.677. The number of aliphatic hydroxyl groups is 1. The minimum absolute atomic E-state index is 0.0482. The van der Waals surface area contributed by atoms with Crippen LogP contribution in [0.5, 0.6) is 0 Å². The Kier molecular flexibility index (Phi) is 4.28. The summed E-state index contributed by atoms with van der Waals surface area (Å²) in [5.74, 6) is 1.15.